The van der Waals surface area contributed by atoms with Crippen LogP contribution >= 0.6 is 15.9 Å². The number of methoxy groups -OCH3 is 1. The van der Waals surface area contributed by atoms with Crippen molar-refractivity contribution >= 4 is 26.8 Å². The lowest BCUT2D eigenvalue weighted by molar-refractivity contribution is 0.226. The molecule has 1 atom stereocenters. The standard InChI is InChI=1S/C11H19BrN4O2/c1-4-16-6-7(5-13)9(17)8(10(12)14)11(15-2)18-3/h5-6,9,13-17H,4H2,1-3H3/b7-6+,11-8+,13-5?,14-10?. The fraction of sp³-hybridized carbons (Fsp3) is 0.455. The molecule has 7 heteroatoms. The number of aliphatic hydroxyl groups excluding tert-OH is 1. The van der Waals surface area contributed by atoms with Crippen LogP contribution in [0, 0.1) is 10.8 Å². The van der Waals surface area contributed by atoms with E-state index in [0.29, 0.717) is 12.1 Å². The van der Waals surface area contributed by atoms with Crippen molar-refractivity contribution < 1.29 is 9.84 Å². The molecule has 0 saturated heterocycles. The maximum atomic E-state index is 10.2. The number of hydrogen-bond donors (Lipinski definition) is 5. The van der Waals surface area contributed by atoms with Gasteiger partial charge in [0.15, 0.2) is 5.88 Å². The van der Waals surface area contributed by atoms with Gasteiger partial charge in [0.05, 0.1) is 12.7 Å². The van der Waals surface area contributed by atoms with Crippen LogP contribution in [0.2, 0.25) is 0 Å². The van der Waals surface area contributed by atoms with Crippen LogP contribution in [-0.4, -0.2) is 42.7 Å². The monoisotopic (exact) mass is 318 g/mol. The molecule has 0 aliphatic rings. The van der Waals surface area contributed by atoms with E-state index in [4.69, 9.17) is 15.6 Å². The summed E-state index contributed by atoms with van der Waals surface area (Å²) in [6.45, 7) is 2.58. The molecule has 0 heterocycles. The van der Waals surface area contributed by atoms with Gasteiger partial charge in [0.25, 0.3) is 0 Å². The minimum Gasteiger partial charge on any atom is -0.482 e. The van der Waals surface area contributed by atoms with E-state index in [2.05, 4.69) is 26.6 Å². The third kappa shape index (κ3) is 4.50. The molecule has 0 aromatic rings. The molecule has 0 radical (unpaired) electrons. The first-order chi connectivity index (χ1) is 8.53. The van der Waals surface area contributed by atoms with Crippen LogP contribution in [0.25, 0.3) is 0 Å². The summed E-state index contributed by atoms with van der Waals surface area (Å²) in [5.41, 5.74) is 0.563. The van der Waals surface area contributed by atoms with Crippen molar-refractivity contribution in [3.63, 3.8) is 0 Å². The first-order valence-corrected chi connectivity index (χ1v) is 6.15. The molecule has 0 aliphatic carbocycles. The summed E-state index contributed by atoms with van der Waals surface area (Å²) >= 11 is 3.01. The van der Waals surface area contributed by atoms with Gasteiger partial charge in [-0.15, -0.1) is 0 Å². The number of rotatable bonds is 8. The van der Waals surface area contributed by atoms with E-state index in [1.165, 1.54) is 13.3 Å². The first kappa shape index (κ1) is 16.7. The van der Waals surface area contributed by atoms with Crippen LogP contribution in [0.5, 0.6) is 0 Å². The van der Waals surface area contributed by atoms with E-state index >= 15 is 0 Å². The van der Waals surface area contributed by atoms with Crippen LogP contribution in [0.4, 0.5) is 0 Å². The number of hydrogen-bond acceptors (Lipinski definition) is 6. The van der Waals surface area contributed by atoms with Crippen molar-refractivity contribution in [1.29, 1.82) is 10.8 Å². The number of ether oxygens (including phenoxy) is 1. The van der Waals surface area contributed by atoms with Crippen molar-refractivity contribution in [2.45, 2.75) is 13.0 Å². The van der Waals surface area contributed by atoms with Gasteiger partial charge in [-0.2, -0.15) is 0 Å². The second-order valence-corrected chi connectivity index (χ2v) is 4.05. The zero-order valence-corrected chi connectivity index (χ0v) is 12.3. The van der Waals surface area contributed by atoms with Gasteiger partial charge in [-0.1, -0.05) is 0 Å². The predicted molar refractivity (Wildman–Crippen MR) is 76.3 cm³/mol. The molecule has 0 aromatic carbocycles. The average Bonchev–Trinajstić information content (AvgIpc) is 2.35. The fourth-order valence-electron chi connectivity index (χ4n) is 1.28. The Balaban J connectivity index is 5.44. The Kier molecular flexibility index (Phi) is 8.06. The van der Waals surface area contributed by atoms with Crippen molar-refractivity contribution in [3.05, 3.63) is 23.2 Å². The maximum Gasteiger partial charge on any atom is 0.195 e. The summed E-state index contributed by atoms with van der Waals surface area (Å²) in [6.07, 6.45) is 1.44. The first-order valence-electron chi connectivity index (χ1n) is 5.35. The van der Waals surface area contributed by atoms with E-state index in [9.17, 15) is 5.11 Å². The van der Waals surface area contributed by atoms with Gasteiger partial charge in [0.1, 0.15) is 10.7 Å². The van der Waals surface area contributed by atoms with Crippen LogP contribution in [0.1, 0.15) is 6.92 Å². The summed E-state index contributed by atoms with van der Waals surface area (Å²) in [4.78, 5) is 0. The normalized spacial score (nSPS) is 14.4. The van der Waals surface area contributed by atoms with Crippen molar-refractivity contribution in [2.75, 3.05) is 20.7 Å². The lowest BCUT2D eigenvalue weighted by atomic mass is 10.0. The quantitative estimate of drug-likeness (QED) is 0.339. The molecule has 0 rings (SSSR count). The Labute approximate surface area is 115 Å². The Morgan fingerprint density at radius 1 is 1.56 bits per heavy atom. The summed E-state index contributed by atoms with van der Waals surface area (Å²) < 4.78 is 5.05. The third-order valence-electron chi connectivity index (χ3n) is 2.14. The van der Waals surface area contributed by atoms with Crippen molar-refractivity contribution in [1.82, 2.24) is 10.6 Å². The molecule has 18 heavy (non-hydrogen) atoms. The highest BCUT2D eigenvalue weighted by molar-refractivity contribution is 9.18. The van der Waals surface area contributed by atoms with E-state index in [1.54, 1.807) is 7.05 Å². The molecule has 0 saturated carbocycles. The Morgan fingerprint density at radius 3 is 2.50 bits per heavy atom. The molecular weight excluding hydrogens is 300 g/mol. The van der Waals surface area contributed by atoms with Gasteiger partial charge in [-0.05, 0) is 22.9 Å². The highest BCUT2D eigenvalue weighted by Gasteiger charge is 2.22. The molecule has 0 bridgehead atoms. The molecule has 1 unspecified atom stereocenters. The number of aliphatic hydroxyl groups is 1. The van der Waals surface area contributed by atoms with Gasteiger partial charge < -0.3 is 25.9 Å². The molecule has 0 spiro atoms. The lowest BCUT2D eigenvalue weighted by Crippen LogP contribution is -2.26. The minimum atomic E-state index is -1.13. The van der Waals surface area contributed by atoms with Gasteiger partial charge in [-0.25, -0.2) is 0 Å². The van der Waals surface area contributed by atoms with Crippen molar-refractivity contribution in [2.24, 2.45) is 0 Å². The zero-order chi connectivity index (χ0) is 14.1. The van der Waals surface area contributed by atoms with E-state index in [-0.39, 0.29) is 16.1 Å². The summed E-state index contributed by atoms with van der Waals surface area (Å²) in [5, 5.41) is 30.8. The highest BCUT2D eigenvalue weighted by atomic mass is 79.9. The molecule has 6 nitrogen and oxygen atoms in total. The summed E-state index contributed by atoms with van der Waals surface area (Å²) in [7, 11) is 3.06. The van der Waals surface area contributed by atoms with Crippen molar-refractivity contribution in [3.8, 4) is 0 Å². The lowest BCUT2D eigenvalue weighted by Gasteiger charge is -2.18. The average molecular weight is 319 g/mol. The third-order valence-corrected chi connectivity index (χ3v) is 2.57. The van der Waals surface area contributed by atoms with E-state index in [1.807, 2.05) is 6.92 Å². The topological polar surface area (TPSA) is 101 Å². The molecule has 5 N–H and O–H groups in total. The van der Waals surface area contributed by atoms with Gasteiger partial charge in [0.2, 0.25) is 0 Å². The predicted octanol–water partition coefficient (Wildman–Crippen LogP) is 0.940. The Hall–Kier alpha value is -1.34. The molecule has 102 valence electrons. The maximum absolute atomic E-state index is 10.2. The van der Waals surface area contributed by atoms with E-state index < -0.39 is 6.10 Å². The fourth-order valence-corrected chi connectivity index (χ4v) is 1.67. The van der Waals surface area contributed by atoms with E-state index in [0.717, 1.165) is 6.21 Å². The molecule has 0 fully saturated rings. The van der Waals surface area contributed by atoms with Crippen LogP contribution < -0.4 is 10.6 Å². The number of nitrogens with one attached hydrogen (secondary N) is 4. The molecule has 0 aliphatic heterocycles. The number of halogens is 1. The largest absolute Gasteiger partial charge is 0.482 e. The van der Waals surface area contributed by atoms with Gasteiger partial charge in [0, 0.05) is 31.6 Å². The molecule has 0 aromatic heterocycles. The second kappa shape index (κ2) is 8.71. The van der Waals surface area contributed by atoms with Crippen LogP contribution in [-0.2, 0) is 4.74 Å². The molecular formula is C11H19BrN4O2. The zero-order valence-electron chi connectivity index (χ0n) is 10.7. The minimum absolute atomic E-state index is 0.00884. The smallest absolute Gasteiger partial charge is 0.195 e. The SMILES string of the molecule is CCN/C=C(\C=N)C(O)/C(C(=N)Br)=C(/NC)OC. The summed E-state index contributed by atoms with van der Waals surface area (Å²) in [6, 6.07) is 0. The Bertz CT molecular complexity index is 360. The highest BCUT2D eigenvalue weighted by Crippen LogP contribution is 2.18. The second-order valence-electron chi connectivity index (χ2n) is 3.26. The van der Waals surface area contributed by atoms with Gasteiger partial charge in [-0.3, -0.25) is 5.41 Å². The summed E-state index contributed by atoms with van der Waals surface area (Å²) in [5.74, 6) is 0.272. The van der Waals surface area contributed by atoms with Crippen LogP contribution in [0.15, 0.2) is 23.2 Å². The molecule has 0 amide bonds. The van der Waals surface area contributed by atoms with Gasteiger partial charge >= 0.3 is 0 Å². The van der Waals surface area contributed by atoms with Crippen LogP contribution in [0.3, 0.4) is 0 Å². The Morgan fingerprint density at radius 2 is 2.17 bits per heavy atom.